The van der Waals surface area contributed by atoms with Crippen LogP contribution in [0.1, 0.15) is 39.5 Å². The third-order valence-corrected chi connectivity index (χ3v) is 6.35. The van der Waals surface area contributed by atoms with Gasteiger partial charge in [0.05, 0.1) is 25.8 Å². The monoisotopic (exact) mass is 551 g/mol. The number of nitrogens with zero attached hydrogens (tertiary/aromatic N) is 1. The average molecular weight is 552 g/mol. The summed E-state index contributed by atoms with van der Waals surface area (Å²) in [6.45, 7) is 0.537. The summed E-state index contributed by atoms with van der Waals surface area (Å²) in [7, 11) is 1.55. The Hall–Kier alpha value is -5.31. The second-order valence-electron chi connectivity index (χ2n) is 9.19. The lowest BCUT2D eigenvalue weighted by Crippen LogP contribution is -2.32. The van der Waals surface area contributed by atoms with E-state index in [0.717, 1.165) is 16.9 Å². The van der Waals surface area contributed by atoms with Crippen molar-refractivity contribution in [1.29, 1.82) is 0 Å². The van der Waals surface area contributed by atoms with Crippen molar-refractivity contribution >= 4 is 18.0 Å². The summed E-state index contributed by atoms with van der Waals surface area (Å²) >= 11 is 0. The third kappa shape index (κ3) is 7.21. The van der Waals surface area contributed by atoms with Crippen LogP contribution in [0, 0.1) is 0 Å². The van der Waals surface area contributed by atoms with Gasteiger partial charge in [-0.1, -0.05) is 54.6 Å². The van der Waals surface area contributed by atoms with Gasteiger partial charge in [0.2, 0.25) is 12.7 Å². The van der Waals surface area contributed by atoms with E-state index in [2.05, 4.69) is 15.8 Å². The number of amides is 2. The predicted molar refractivity (Wildman–Crippen MR) is 153 cm³/mol. The van der Waals surface area contributed by atoms with Gasteiger partial charge in [-0.25, -0.2) is 5.43 Å². The van der Waals surface area contributed by atoms with E-state index in [9.17, 15) is 9.59 Å². The second-order valence-corrected chi connectivity index (χ2v) is 9.19. The molecule has 0 bridgehead atoms. The van der Waals surface area contributed by atoms with Gasteiger partial charge in [-0.3, -0.25) is 9.59 Å². The molecule has 1 heterocycles. The van der Waals surface area contributed by atoms with E-state index < -0.39 is 6.04 Å². The summed E-state index contributed by atoms with van der Waals surface area (Å²) in [5, 5.41) is 7.05. The summed E-state index contributed by atoms with van der Waals surface area (Å²) in [4.78, 5) is 25.5. The van der Waals surface area contributed by atoms with Crippen molar-refractivity contribution in [2.24, 2.45) is 5.10 Å². The highest BCUT2D eigenvalue weighted by atomic mass is 16.7. The number of carbonyl (C=O) groups is 2. The smallest absolute Gasteiger partial charge is 0.251 e. The van der Waals surface area contributed by atoms with Crippen molar-refractivity contribution in [3.8, 4) is 23.0 Å². The van der Waals surface area contributed by atoms with Crippen molar-refractivity contribution in [2.75, 3.05) is 13.9 Å². The SMILES string of the molecule is COc1cc(/C=N\NC(=O)C[C@@H](NC(=O)c2ccccc2)c2ccccc2)ccc1OCc1ccc2c(c1)OCO2. The summed E-state index contributed by atoms with van der Waals surface area (Å²) in [6.07, 6.45) is 1.53. The van der Waals surface area contributed by atoms with E-state index >= 15 is 0 Å². The number of hydrogen-bond donors (Lipinski definition) is 2. The molecule has 208 valence electrons. The van der Waals surface area contributed by atoms with E-state index in [1.54, 1.807) is 49.6 Å². The topological polar surface area (TPSA) is 107 Å². The zero-order chi connectivity index (χ0) is 28.4. The Labute approximate surface area is 237 Å². The van der Waals surface area contributed by atoms with Gasteiger partial charge in [0.15, 0.2) is 23.0 Å². The molecule has 5 rings (SSSR count). The fraction of sp³-hybridized carbons (Fsp3) is 0.156. The van der Waals surface area contributed by atoms with Gasteiger partial charge in [0, 0.05) is 5.56 Å². The zero-order valence-electron chi connectivity index (χ0n) is 22.4. The first kappa shape index (κ1) is 27.3. The Balaban J connectivity index is 1.18. The first-order chi connectivity index (χ1) is 20.1. The van der Waals surface area contributed by atoms with E-state index in [0.29, 0.717) is 35.0 Å². The molecule has 0 aromatic heterocycles. The maximum absolute atomic E-state index is 12.8. The van der Waals surface area contributed by atoms with Gasteiger partial charge in [0.25, 0.3) is 5.91 Å². The van der Waals surface area contributed by atoms with Gasteiger partial charge < -0.3 is 24.3 Å². The Morgan fingerprint density at radius 1 is 0.902 bits per heavy atom. The molecule has 0 spiro atoms. The van der Waals surface area contributed by atoms with Crippen molar-refractivity contribution in [2.45, 2.75) is 19.1 Å². The van der Waals surface area contributed by atoms with Crippen molar-refractivity contribution in [1.82, 2.24) is 10.7 Å². The number of rotatable bonds is 11. The van der Waals surface area contributed by atoms with E-state index in [1.165, 1.54) is 6.21 Å². The molecule has 0 unspecified atom stereocenters. The molecule has 0 fully saturated rings. The predicted octanol–water partition coefficient (Wildman–Crippen LogP) is 5.01. The van der Waals surface area contributed by atoms with Crippen molar-refractivity contribution in [3.63, 3.8) is 0 Å². The fourth-order valence-electron chi connectivity index (χ4n) is 4.25. The molecule has 1 aliphatic rings. The molecular formula is C32H29N3O6. The van der Waals surface area contributed by atoms with Crippen molar-refractivity contribution < 1.29 is 28.5 Å². The zero-order valence-corrected chi connectivity index (χ0v) is 22.4. The maximum Gasteiger partial charge on any atom is 0.251 e. The summed E-state index contributed by atoms with van der Waals surface area (Å²) in [6, 6.07) is 28.7. The van der Waals surface area contributed by atoms with Gasteiger partial charge in [-0.05, 0) is 59.2 Å². The first-order valence-electron chi connectivity index (χ1n) is 13.0. The number of nitrogens with one attached hydrogen (secondary N) is 2. The highest BCUT2D eigenvalue weighted by molar-refractivity contribution is 5.94. The Kier molecular flexibility index (Phi) is 8.75. The third-order valence-electron chi connectivity index (χ3n) is 6.35. The Morgan fingerprint density at radius 2 is 1.66 bits per heavy atom. The molecule has 4 aromatic rings. The Bertz CT molecular complexity index is 1530. The Morgan fingerprint density at radius 3 is 2.44 bits per heavy atom. The van der Waals surface area contributed by atoms with Crippen LogP contribution in [-0.4, -0.2) is 31.9 Å². The van der Waals surface area contributed by atoms with Crippen LogP contribution in [0.3, 0.4) is 0 Å². The number of hydrazone groups is 1. The first-order valence-corrected chi connectivity index (χ1v) is 13.0. The molecule has 1 atom stereocenters. The van der Waals surface area contributed by atoms with E-state index in [-0.39, 0.29) is 25.0 Å². The normalized spacial score (nSPS) is 12.5. The number of ether oxygens (including phenoxy) is 4. The average Bonchev–Trinajstić information content (AvgIpc) is 3.49. The van der Waals surface area contributed by atoms with Gasteiger partial charge in [-0.15, -0.1) is 0 Å². The lowest BCUT2D eigenvalue weighted by molar-refractivity contribution is -0.121. The summed E-state index contributed by atoms with van der Waals surface area (Å²) in [5.74, 6) is 1.89. The van der Waals surface area contributed by atoms with Gasteiger partial charge in [0.1, 0.15) is 6.61 Å². The van der Waals surface area contributed by atoms with Crippen LogP contribution in [0.15, 0.2) is 102 Å². The van der Waals surface area contributed by atoms with Gasteiger partial charge in [-0.2, -0.15) is 5.10 Å². The molecule has 9 heteroatoms. The number of carbonyl (C=O) groups excluding carboxylic acids is 2. The minimum atomic E-state index is -0.527. The van der Waals surface area contributed by atoms with Crippen LogP contribution < -0.4 is 29.7 Å². The second kappa shape index (κ2) is 13.2. The molecule has 0 aliphatic carbocycles. The molecular weight excluding hydrogens is 522 g/mol. The number of methoxy groups -OCH3 is 1. The largest absolute Gasteiger partial charge is 0.493 e. The molecule has 1 aliphatic heterocycles. The van der Waals surface area contributed by atoms with Gasteiger partial charge >= 0.3 is 0 Å². The van der Waals surface area contributed by atoms with Crippen LogP contribution in [0.4, 0.5) is 0 Å². The quantitative estimate of drug-likeness (QED) is 0.200. The highest BCUT2D eigenvalue weighted by Gasteiger charge is 2.19. The standard InChI is InChI=1S/C32H29N3O6/c1-38-29-16-22(12-14-27(29)39-20-23-13-15-28-30(17-23)41-21-40-28)19-33-35-31(36)18-26(24-8-4-2-5-9-24)34-32(37)25-10-6-3-7-11-25/h2-17,19,26H,18,20-21H2,1H3,(H,34,37)(H,35,36)/b33-19-/t26-/m1/s1. The van der Waals surface area contributed by atoms with Crippen molar-refractivity contribution in [3.05, 3.63) is 119 Å². The molecule has 2 N–H and O–H groups in total. The maximum atomic E-state index is 12.8. The molecule has 9 nitrogen and oxygen atoms in total. The van der Waals surface area contributed by atoms with Crippen LogP contribution in [0.25, 0.3) is 0 Å². The molecule has 0 saturated carbocycles. The van der Waals surface area contributed by atoms with Crippen LogP contribution in [0.5, 0.6) is 23.0 Å². The summed E-state index contributed by atoms with van der Waals surface area (Å²) in [5.41, 5.74) is 5.52. The number of fused-ring (bicyclic) bond motifs is 1. The van der Waals surface area contributed by atoms with Crippen LogP contribution >= 0.6 is 0 Å². The van der Waals surface area contributed by atoms with E-state index in [4.69, 9.17) is 18.9 Å². The minimum absolute atomic E-state index is 0.00981. The molecule has 4 aromatic carbocycles. The molecule has 2 amide bonds. The minimum Gasteiger partial charge on any atom is -0.493 e. The lowest BCUT2D eigenvalue weighted by atomic mass is 10.0. The highest BCUT2D eigenvalue weighted by Crippen LogP contribution is 2.34. The molecule has 0 saturated heterocycles. The van der Waals surface area contributed by atoms with Crippen LogP contribution in [-0.2, 0) is 11.4 Å². The summed E-state index contributed by atoms with van der Waals surface area (Å²) < 4.78 is 22.2. The lowest BCUT2D eigenvalue weighted by Gasteiger charge is -2.18. The van der Waals surface area contributed by atoms with E-state index in [1.807, 2.05) is 54.6 Å². The fourth-order valence-corrected chi connectivity index (χ4v) is 4.25. The molecule has 0 radical (unpaired) electrons. The number of benzene rings is 4. The van der Waals surface area contributed by atoms with Crippen LogP contribution in [0.2, 0.25) is 0 Å². The molecule has 41 heavy (non-hydrogen) atoms. The number of hydrogen-bond acceptors (Lipinski definition) is 7.